The van der Waals surface area contributed by atoms with E-state index in [9.17, 15) is 9.59 Å². The Morgan fingerprint density at radius 1 is 1.10 bits per heavy atom. The second kappa shape index (κ2) is 8.17. The van der Waals surface area contributed by atoms with E-state index in [1.165, 1.54) is 4.88 Å². The highest BCUT2D eigenvalue weighted by Gasteiger charge is 2.42. The van der Waals surface area contributed by atoms with E-state index >= 15 is 0 Å². The SMILES string of the molecule is NC(=O)[C@@]1(Cc2ccc(-c3cccs3)cc2)CCCN(C(=O)c2ccncc2)C1. The van der Waals surface area contributed by atoms with Crippen LogP contribution in [0.15, 0.2) is 66.3 Å². The first kappa shape index (κ1) is 19.3. The molecule has 6 heteroatoms. The molecule has 2 amide bonds. The van der Waals surface area contributed by atoms with Gasteiger partial charge in [0.2, 0.25) is 5.91 Å². The van der Waals surface area contributed by atoms with Gasteiger partial charge in [-0.25, -0.2) is 0 Å². The number of aromatic nitrogens is 1. The number of rotatable bonds is 5. The average molecular weight is 406 g/mol. The van der Waals surface area contributed by atoms with Crippen molar-refractivity contribution in [1.29, 1.82) is 0 Å². The third-order valence-corrected chi connectivity index (χ3v) is 6.54. The maximum Gasteiger partial charge on any atom is 0.253 e. The Morgan fingerprint density at radius 3 is 2.52 bits per heavy atom. The number of carbonyl (C=O) groups is 2. The zero-order chi connectivity index (χ0) is 20.3. The fraction of sp³-hybridized carbons (Fsp3) is 0.261. The van der Waals surface area contributed by atoms with Gasteiger partial charge in [0.1, 0.15) is 0 Å². The number of pyridine rings is 1. The lowest BCUT2D eigenvalue weighted by molar-refractivity contribution is -0.130. The number of thiophene rings is 1. The van der Waals surface area contributed by atoms with E-state index < -0.39 is 5.41 Å². The fourth-order valence-electron chi connectivity index (χ4n) is 4.04. The molecular weight excluding hydrogens is 382 g/mol. The molecule has 1 atom stereocenters. The van der Waals surface area contributed by atoms with E-state index in [0.29, 0.717) is 31.5 Å². The molecule has 5 nitrogen and oxygen atoms in total. The van der Waals surface area contributed by atoms with Crippen LogP contribution in [0.4, 0.5) is 0 Å². The van der Waals surface area contributed by atoms with Gasteiger partial charge in [0.25, 0.3) is 5.91 Å². The number of nitrogens with zero attached hydrogens (tertiary/aromatic N) is 2. The number of benzene rings is 1. The molecular formula is C23H23N3O2S. The van der Waals surface area contributed by atoms with Gasteiger partial charge in [-0.3, -0.25) is 14.6 Å². The number of nitrogens with two attached hydrogens (primary N) is 1. The summed E-state index contributed by atoms with van der Waals surface area (Å²) in [5.74, 6) is -0.419. The average Bonchev–Trinajstić information content (AvgIpc) is 3.29. The van der Waals surface area contributed by atoms with E-state index in [0.717, 1.165) is 17.5 Å². The van der Waals surface area contributed by atoms with E-state index in [1.54, 1.807) is 40.8 Å². The molecule has 1 aromatic carbocycles. The zero-order valence-corrected chi connectivity index (χ0v) is 16.9. The van der Waals surface area contributed by atoms with Crippen LogP contribution in [0.3, 0.4) is 0 Å². The molecule has 4 rings (SSSR count). The molecule has 0 unspecified atom stereocenters. The lowest BCUT2D eigenvalue weighted by Crippen LogP contribution is -2.53. The highest BCUT2D eigenvalue weighted by molar-refractivity contribution is 7.13. The first-order valence-electron chi connectivity index (χ1n) is 9.69. The summed E-state index contributed by atoms with van der Waals surface area (Å²) in [6, 6.07) is 15.8. The van der Waals surface area contributed by atoms with Crippen LogP contribution in [0.25, 0.3) is 10.4 Å². The molecule has 148 valence electrons. The summed E-state index contributed by atoms with van der Waals surface area (Å²) in [6.45, 7) is 0.976. The van der Waals surface area contributed by atoms with Crippen molar-refractivity contribution in [3.8, 4) is 10.4 Å². The standard InChI is InChI=1S/C23H23N3O2S/c24-22(28)23(15-17-4-6-18(7-5-17)20-3-1-14-29-20)10-2-13-26(16-23)21(27)19-8-11-25-12-9-19/h1,3-9,11-12,14H,2,10,13,15-16H2,(H2,24,28)/t23-/m1/s1. The lowest BCUT2D eigenvalue weighted by atomic mass is 9.74. The van der Waals surface area contributed by atoms with Crippen molar-refractivity contribution in [2.24, 2.45) is 11.1 Å². The summed E-state index contributed by atoms with van der Waals surface area (Å²) < 4.78 is 0. The van der Waals surface area contributed by atoms with Crippen LogP contribution in [0.5, 0.6) is 0 Å². The minimum Gasteiger partial charge on any atom is -0.369 e. The van der Waals surface area contributed by atoms with Gasteiger partial charge in [-0.2, -0.15) is 0 Å². The van der Waals surface area contributed by atoms with E-state index in [4.69, 9.17) is 5.73 Å². The van der Waals surface area contributed by atoms with Crippen LogP contribution < -0.4 is 5.73 Å². The smallest absolute Gasteiger partial charge is 0.253 e. The summed E-state index contributed by atoms with van der Waals surface area (Å²) in [4.78, 5) is 32.3. The third-order valence-electron chi connectivity index (χ3n) is 5.62. The number of carbonyl (C=O) groups excluding carboxylic acids is 2. The molecule has 0 aliphatic carbocycles. The Kier molecular flexibility index (Phi) is 5.45. The second-order valence-corrected chi connectivity index (χ2v) is 8.51. The van der Waals surface area contributed by atoms with E-state index in [2.05, 4.69) is 40.7 Å². The number of piperidine rings is 1. The van der Waals surface area contributed by atoms with Crippen molar-refractivity contribution in [3.63, 3.8) is 0 Å². The Bertz CT molecular complexity index is 987. The monoisotopic (exact) mass is 405 g/mol. The molecule has 0 bridgehead atoms. The van der Waals surface area contributed by atoms with Crippen molar-refractivity contribution in [2.45, 2.75) is 19.3 Å². The number of hydrogen-bond donors (Lipinski definition) is 1. The highest BCUT2D eigenvalue weighted by atomic mass is 32.1. The normalized spacial score (nSPS) is 19.1. The molecule has 1 fully saturated rings. The van der Waals surface area contributed by atoms with Gasteiger partial charge in [0.05, 0.1) is 5.41 Å². The molecule has 29 heavy (non-hydrogen) atoms. The van der Waals surface area contributed by atoms with Gasteiger partial charge >= 0.3 is 0 Å². The molecule has 1 aliphatic heterocycles. The van der Waals surface area contributed by atoms with Crippen molar-refractivity contribution in [3.05, 3.63) is 77.4 Å². The summed E-state index contributed by atoms with van der Waals surface area (Å²) in [5.41, 5.74) is 7.93. The van der Waals surface area contributed by atoms with Gasteiger partial charge < -0.3 is 10.6 Å². The fourth-order valence-corrected chi connectivity index (χ4v) is 4.77. The van der Waals surface area contributed by atoms with Gasteiger partial charge in [-0.1, -0.05) is 30.3 Å². The summed E-state index contributed by atoms with van der Waals surface area (Å²) in [5, 5.41) is 2.06. The first-order chi connectivity index (χ1) is 14.1. The third kappa shape index (κ3) is 4.07. The van der Waals surface area contributed by atoms with Gasteiger partial charge in [-0.15, -0.1) is 11.3 Å². The Balaban J connectivity index is 1.54. The molecule has 3 aromatic rings. The Labute approximate surface area is 174 Å². The van der Waals surface area contributed by atoms with Crippen molar-refractivity contribution < 1.29 is 9.59 Å². The van der Waals surface area contributed by atoms with E-state index in [-0.39, 0.29) is 11.8 Å². The molecule has 0 radical (unpaired) electrons. The van der Waals surface area contributed by atoms with Gasteiger partial charge in [-0.05, 0) is 54.0 Å². The predicted molar refractivity (Wildman–Crippen MR) is 114 cm³/mol. The molecule has 2 aromatic heterocycles. The first-order valence-corrected chi connectivity index (χ1v) is 10.6. The molecule has 3 heterocycles. The maximum atomic E-state index is 12.9. The number of likely N-dealkylation sites (tertiary alicyclic amines) is 1. The molecule has 0 spiro atoms. The van der Waals surface area contributed by atoms with E-state index in [1.807, 2.05) is 6.07 Å². The minimum absolute atomic E-state index is 0.0780. The quantitative estimate of drug-likeness (QED) is 0.702. The minimum atomic E-state index is -0.745. The highest BCUT2D eigenvalue weighted by Crippen LogP contribution is 2.35. The van der Waals surface area contributed by atoms with Crippen LogP contribution in [-0.2, 0) is 11.2 Å². The number of amides is 2. The van der Waals surface area contributed by atoms with Crippen molar-refractivity contribution >= 4 is 23.2 Å². The molecule has 1 saturated heterocycles. The molecule has 1 aliphatic rings. The summed E-state index contributed by atoms with van der Waals surface area (Å²) in [6.07, 6.45) is 5.19. The van der Waals surface area contributed by atoms with Crippen LogP contribution >= 0.6 is 11.3 Å². The molecule has 0 saturated carbocycles. The topological polar surface area (TPSA) is 76.3 Å². The number of hydrogen-bond acceptors (Lipinski definition) is 4. The summed E-state index contributed by atoms with van der Waals surface area (Å²) >= 11 is 1.70. The largest absolute Gasteiger partial charge is 0.369 e. The van der Waals surface area contributed by atoms with Gasteiger partial charge in [0.15, 0.2) is 0 Å². The van der Waals surface area contributed by atoms with Crippen LogP contribution in [0.1, 0.15) is 28.8 Å². The predicted octanol–water partition coefficient (Wildman–Crippen LogP) is 3.76. The van der Waals surface area contributed by atoms with Crippen LogP contribution in [0, 0.1) is 5.41 Å². The second-order valence-electron chi connectivity index (χ2n) is 7.56. The van der Waals surface area contributed by atoms with Gasteiger partial charge in [0, 0.05) is 35.9 Å². The van der Waals surface area contributed by atoms with Crippen molar-refractivity contribution in [2.75, 3.05) is 13.1 Å². The van der Waals surface area contributed by atoms with Crippen LogP contribution in [0.2, 0.25) is 0 Å². The number of primary amides is 1. The lowest BCUT2D eigenvalue weighted by Gasteiger charge is -2.41. The van der Waals surface area contributed by atoms with Crippen LogP contribution in [-0.4, -0.2) is 34.8 Å². The maximum absolute atomic E-state index is 12.9. The van der Waals surface area contributed by atoms with Crippen molar-refractivity contribution in [1.82, 2.24) is 9.88 Å². The Hall–Kier alpha value is -2.99. The Morgan fingerprint density at radius 2 is 1.86 bits per heavy atom. The summed E-state index contributed by atoms with van der Waals surface area (Å²) in [7, 11) is 0. The zero-order valence-electron chi connectivity index (χ0n) is 16.1. The molecule has 2 N–H and O–H groups in total.